The third kappa shape index (κ3) is 3.84. The predicted octanol–water partition coefficient (Wildman–Crippen LogP) is 1.40. The molecular weight excluding hydrogens is 264 g/mol. The fourth-order valence-corrected chi connectivity index (χ4v) is 2.40. The zero-order valence-corrected chi connectivity index (χ0v) is 12.1. The number of hydrogen-bond donors (Lipinski definition) is 3. The molecule has 1 rings (SSSR count). The molecule has 0 aliphatic rings. The first-order valence-electron chi connectivity index (χ1n) is 5.91. The minimum Gasteiger partial charge on any atom is -0.396 e. The minimum absolute atomic E-state index is 0.156. The van der Waals surface area contributed by atoms with Crippen molar-refractivity contribution in [2.45, 2.75) is 20.0 Å². The molecule has 104 valence electrons. The van der Waals surface area contributed by atoms with E-state index in [1.54, 1.807) is 0 Å². The van der Waals surface area contributed by atoms with Crippen molar-refractivity contribution in [1.29, 1.82) is 5.26 Å². The smallest absolute Gasteiger partial charge is 0.256 e. The molecule has 0 fully saturated rings. The molecule has 0 unspecified atom stereocenters. The Labute approximate surface area is 116 Å². The Bertz CT molecular complexity index is 491. The van der Waals surface area contributed by atoms with E-state index in [9.17, 15) is 4.79 Å². The number of nitrogens with one attached hydrogen (secondary N) is 2. The van der Waals surface area contributed by atoms with Crippen molar-refractivity contribution in [3.63, 3.8) is 0 Å². The molecule has 4 N–H and O–H groups in total. The van der Waals surface area contributed by atoms with Crippen LogP contribution in [0.4, 0.5) is 10.7 Å². The monoisotopic (exact) mass is 282 g/mol. The number of carbonyl (C=O) groups excluding carboxylic acids is 1. The molecule has 0 aromatic carbocycles. The number of nitrogen functional groups attached to an aromatic ring is 1. The van der Waals surface area contributed by atoms with Crippen LogP contribution in [-0.4, -0.2) is 32.2 Å². The van der Waals surface area contributed by atoms with E-state index >= 15 is 0 Å². The van der Waals surface area contributed by atoms with Crippen LogP contribution in [-0.2, 0) is 4.74 Å². The zero-order chi connectivity index (χ0) is 14.4. The van der Waals surface area contributed by atoms with Gasteiger partial charge in [0.2, 0.25) is 0 Å². The molecule has 1 aromatic heterocycles. The van der Waals surface area contributed by atoms with E-state index in [1.807, 2.05) is 19.9 Å². The summed E-state index contributed by atoms with van der Waals surface area (Å²) in [5, 5.41) is 15.1. The van der Waals surface area contributed by atoms with Gasteiger partial charge in [-0.25, -0.2) is 0 Å². The second-order valence-electron chi connectivity index (χ2n) is 4.09. The molecular formula is C12H18N4O2S. The van der Waals surface area contributed by atoms with Crippen LogP contribution in [0.3, 0.4) is 0 Å². The molecule has 1 aromatic rings. The van der Waals surface area contributed by atoms with Crippen LogP contribution in [0.2, 0.25) is 0 Å². The number of rotatable bonds is 6. The molecule has 1 heterocycles. The van der Waals surface area contributed by atoms with Gasteiger partial charge >= 0.3 is 0 Å². The summed E-state index contributed by atoms with van der Waals surface area (Å²) in [5.74, 6) is -0.303. The maximum atomic E-state index is 11.8. The van der Waals surface area contributed by atoms with Crippen LogP contribution in [0.1, 0.15) is 29.1 Å². The van der Waals surface area contributed by atoms with E-state index in [2.05, 4.69) is 10.6 Å². The SMILES string of the molecule is CNC(=O)c1c(NCCOC(C)C)sc(C#N)c1N. The van der Waals surface area contributed by atoms with Crippen LogP contribution < -0.4 is 16.4 Å². The van der Waals surface area contributed by atoms with Crippen molar-refractivity contribution >= 4 is 27.9 Å². The Balaban J connectivity index is 2.82. The Morgan fingerprint density at radius 1 is 1.58 bits per heavy atom. The number of thiophene rings is 1. The molecule has 0 bridgehead atoms. The van der Waals surface area contributed by atoms with Crippen LogP contribution in [0.25, 0.3) is 0 Å². The standard InChI is InChI=1S/C12H18N4O2S/c1-7(2)18-5-4-16-12-9(11(17)15-3)10(14)8(6-13)19-12/h7,16H,4-5,14H2,1-3H3,(H,15,17). The molecule has 7 heteroatoms. The fraction of sp³-hybridized carbons (Fsp3) is 0.500. The first kappa shape index (κ1) is 15.3. The maximum Gasteiger partial charge on any atom is 0.256 e. The Hall–Kier alpha value is -1.78. The third-order valence-electron chi connectivity index (χ3n) is 2.34. The predicted molar refractivity (Wildman–Crippen MR) is 76.4 cm³/mol. The van der Waals surface area contributed by atoms with Crippen molar-refractivity contribution < 1.29 is 9.53 Å². The van der Waals surface area contributed by atoms with E-state index < -0.39 is 0 Å². The number of nitriles is 1. The molecule has 0 aliphatic carbocycles. The van der Waals surface area contributed by atoms with Gasteiger partial charge in [-0.15, -0.1) is 11.3 Å². The molecule has 0 radical (unpaired) electrons. The van der Waals surface area contributed by atoms with Gasteiger partial charge in [0, 0.05) is 13.6 Å². The Kier molecular flexibility index (Phi) is 5.60. The highest BCUT2D eigenvalue weighted by atomic mass is 32.1. The first-order chi connectivity index (χ1) is 9.01. The van der Waals surface area contributed by atoms with Crippen LogP contribution in [0.15, 0.2) is 0 Å². The summed E-state index contributed by atoms with van der Waals surface area (Å²) in [4.78, 5) is 12.1. The van der Waals surface area contributed by atoms with Crippen molar-refractivity contribution in [3.05, 3.63) is 10.4 Å². The van der Waals surface area contributed by atoms with E-state index in [4.69, 9.17) is 15.7 Å². The van der Waals surface area contributed by atoms with Gasteiger partial charge in [0.25, 0.3) is 5.91 Å². The summed E-state index contributed by atoms with van der Waals surface area (Å²) in [6.07, 6.45) is 0.156. The van der Waals surface area contributed by atoms with E-state index in [-0.39, 0.29) is 17.7 Å². The largest absolute Gasteiger partial charge is 0.396 e. The lowest BCUT2D eigenvalue weighted by atomic mass is 10.2. The second-order valence-corrected chi connectivity index (χ2v) is 5.11. The Morgan fingerprint density at radius 3 is 2.79 bits per heavy atom. The van der Waals surface area contributed by atoms with E-state index in [0.29, 0.717) is 28.6 Å². The van der Waals surface area contributed by atoms with Crippen molar-refractivity contribution in [2.75, 3.05) is 31.2 Å². The topological polar surface area (TPSA) is 100 Å². The fourth-order valence-electron chi connectivity index (χ4n) is 1.46. The maximum absolute atomic E-state index is 11.8. The normalized spacial score (nSPS) is 10.3. The van der Waals surface area contributed by atoms with E-state index in [0.717, 1.165) is 0 Å². The van der Waals surface area contributed by atoms with Crippen molar-refractivity contribution in [1.82, 2.24) is 5.32 Å². The first-order valence-corrected chi connectivity index (χ1v) is 6.72. The Morgan fingerprint density at radius 2 is 2.26 bits per heavy atom. The lowest BCUT2D eigenvalue weighted by Crippen LogP contribution is -2.21. The number of amides is 1. The van der Waals surface area contributed by atoms with Crippen LogP contribution in [0.5, 0.6) is 0 Å². The molecule has 0 spiro atoms. The number of ether oxygens (including phenoxy) is 1. The summed E-state index contributed by atoms with van der Waals surface area (Å²) >= 11 is 1.18. The van der Waals surface area contributed by atoms with Crippen LogP contribution in [0, 0.1) is 11.3 Å². The van der Waals surface area contributed by atoms with Crippen molar-refractivity contribution in [3.8, 4) is 6.07 Å². The second kappa shape index (κ2) is 6.97. The number of carbonyl (C=O) groups is 1. The highest BCUT2D eigenvalue weighted by Gasteiger charge is 2.20. The van der Waals surface area contributed by atoms with Gasteiger partial charge in [-0.2, -0.15) is 5.26 Å². The summed E-state index contributed by atoms with van der Waals surface area (Å²) in [6.45, 7) is 4.97. The van der Waals surface area contributed by atoms with Gasteiger partial charge in [-0.3, -0.25) is 4.79 Å². The zero-order valence-electron chi connectivity index (χ0n) is 11.2. The molecule has 0 aliphatic heterocycles. The molecule has 1 amide bonds. The average Bonchev–Trinajstić information content (AvgIpc) is 2.70. The molecule has 19 heavy (non-hydrogen) atoms. The minimum atomic E-state index is -0.303. The molecule has 6 nitrogen and oxygen atoms in total. The summed E-state index contributed by atoms with van der Waals surface area (Å²) < 4.78 is 5.40. The third-order valence-corrected chi connectivity index (χ3v) is 3.41. The number of nitrogens with zero attached hydrogens (tertiary/aromatic N) is 1. The van der Waals surface area contributed by atoms with Gasteiger partial charge in [0.1, 0.15) is 15.9 Å². The summed E-state index contributed by atoms with van der Waals surface area (Å²) in [5.41, 5.74) is 6.35. The van der Waals surface area contributed by atoms with Crippen LogP contribution >= 0.6 is 11.3 Å². The highest BCUT2D eigenvalue weighted by Crippen LogP contribution is 2.34. The van der Waals surface area contributed by atoms with Gasteiger partial charge < -0.3 is 21.1 Å². The molecule has 0 saturated heterocycles. The highest BCUT2D eigenvalue weighted by molar-refractivity contribution is 7.17. The number of anilines is 2. The van der Waals surface area contributed by atoms with Gasteiger partial charge in [0.05, 0.1) is 24.0 Å². The number of hydrogen-bond acceptors (Lipinski definition) is 6. The molecule has 0 saturated carbocycles. The lowest BCUT2D eigenvalue weighted by molar-refractivity contribution is 0.0869. The molecule has 0 atom stereocenters. The summed E-state index contributed by atoms with van der Waals surface area (Å²) in [6, 6.07) is 1.99. The average molecular weight is 282 g/mol. The summed E-state index contributed by atoms with van der Waals surface area (Å²) in [7, 11) is 1.52. The van der Waals surface area contributed by atoms with Gasteiger partial charge in [0.15, 0.2) is 0 Å². The quantitative estimate of drug-likeness (QED) is 0.685. The van der Waals surface area contributed by atoms with Gasteiger partial charge in [-0.1, -0.05) is 0 Å². The van der Waals surface area contributed by atoms with E-state index in [1.165, 1.54) is 18.4 Å². The lowest BCUT2D eigenvalue weighted by Gasteiger charge is -2.09. The van der Waals surface area contributed by atoms with Gasteiger partial charge in [-0.05, 0) is 13.8 Å². The number of nitrogens with two attached hydrogens (primary N) is 1. The van der Waals surface area contributed by atoms with Crippen molar-refractivity contribution in [2.24, 2.45) is 0 Å².